The Morgan fingerprint density at radius 3 is 2.74 bits per heavy atom. The number of aromatic nitrogens is 2. The van der Waals surface area contributed by atoms with Crippen LogP contribution in [0, 0.1) is 13.5 Å². The molecule has 0 aliphatic carbocycles. The van der Waals surface area contributed by atoms with Gasteiger partial charge in [-0.25, -0.2) is 9.24 Å². The Morgan fingerprint density at radius 2 is 2.06 bits per heavy atom. The van der Waals surface area contributed by atoms with Gasteiger partial charge in [0.2, 0.25) is 0 Å². The molecule has 1 fully saturated rings. The van der Waals surface area contributed by atoms with Gasteiger partial charge in [-0.15, -0.1) is 22.6 Å². The van der Waals surface area contributed by atoms with Crippen LogP contribution in [0.3, 0.4) is 0 Å². The Bertz CT molecular complexity index is 1150. The van der Waals surface area contributed by atoms with Crippen molar-refractivity contribution in [1.82, 2.24) is 10.2 Å². The fraction of sp³-hybridized carbons (Fsp3) is 0.318. The van der Waals surface area contributed by atoms with Gasteiger partial charge in [0.15, 0.2) is 23.0 Å². The molecule has 2 aromatic carbocycles. The Balaban J connectivity index is 0.00000272. The van der Waals surface area contributed by atoms with E-state index < -0.39 is 12.3 Å². The van der Waals surface area contributed by atoms with E-state index >= 15 is 0 Å². The number of rotatable bonds is 5. The SMILES string of the molecule is Cl.[C-]#[N+]c1ccc2c(N3CCC(F)(CO)C3)nnc(NCc3ccc(C)c(Cl)c3)c2c1. The van der Waals surface area contributed by atoms with Gasteiger partial charge in [0.1, 0.15) is 0 Å². The molecule has 1 saturated heterocycles. The Hall–Kier alpha value is -2.66. The average Bonchev–Trinajstić information content (AvgIpc) is 3.16. The summed E-state index contributed by atoms with van der Waals surface area (Å²) in [5.41, 5.74) is 0.857. The molecule has 1 aliphatic heterocycles. The van der Waals surface area contributed by atoms with Crippen LogP contribution in [0.4, 0.5) is 21.7 Å². The first-order valence-electron chi connectivity index (χ1n) is 9.64. The summed E-state index contributed by atoms with van der Waals surface area (Å²) in [6.45, 7) is 9.76. The van der Waals surface area contributed by atoms with Crippen molar-refractivity contribution in [3.05, 3.63) is 64.0 Å². The van der Waals surface area contributed by atoms with Crippen molar-refractivity contribution in [3.8, 4) is 0 Å². The predicted octanol–water partition coefficient (Wildman–Crippen LogP) is 5.09. The second-order valence-electron chi connectivity index (χ2n) is 7.63. The number of aryl methyl sites for hydroxylation is 1. The van der Waals surface area contributed by atoms with Gasteiger partial charge in [0.05, 0.1) is 19.7 Å². The first-order valence-corrected chi connectivity index (χ1v) is 10.0. The number of nitrogens with zero attached hydrogens (tertiary/aromatic N) is 4. The molecule has 0 spiro atoms. The minimum Gasteiger partial charge on any atom is -0.393 e. The van der Waals surface area contributed by atoms with Crippen molar-refractivity contribution in [1.29, 1.82) is 0 Å². The normalized spacial score (nSPS) is 18.0. The van der Waals surface area contributed by atoms with Gasteiger partial charge >= 0.3 is 0 Å². The molecular formula is C22H22Cl2FN5O. The van der Waals surface area contributed by atoms with Crippen LogP contribution in [0.25, 0.3) is 15.6 Å². The van der Waals surface area contributed by atoms with Gasteiger partial charge in [-0.2, -0.15) is 0 Å². The molecule has 4 rings (SSSR count). The first-order chi connectivity index (χ1) is 14.4. The first kappa shape index (κ1) is 23.0. The van der Waals surface area contributed by atoms with E-state index in [0.29, 0.717) is 35.4 Å². The molecule has 0 amide bonds. The van der Waals surface area contributed by atoms with E-state index in [0.717, 1.165) is 21.9 Å². The van der Waals surface area contributed by atoms with E-state index in [1.54, 1.807) is 17.0 Å². The molecule has 9 heteroatoms. The molecule has 31 heavy (non-hydrogen) atoms. The van der Waals surface area contributed by atoms with Crippen LogP contribution in [0.2, 0.25) is 5.02 Å². The van der Waals surface area contributed by atoms with Crippen molar-refractivity contribution >= 4 is 52.1 Å². The molecule has 162 valence electrons. The zero-order valence-electron chi connectivity index (χ0n) is 16.9. The third kappa shape index (κ3) is 4.67. The Labute approximate surface area is 191 Å². The third-order valence-electron chi connectivity index (χ3n) is 5.46. The number of alkyl halides is 1. The lowest BCUT2D eigenvalue weighted by molar-refractivity contribution is 0.0909. The van der Waals surface area contributed by atoms with Crippen molar-refractivity contribution < 1.29 is 9.50 Å². The lowest BCUT2D eigenvalue weighted by Crippen LogP contribution is -2.32. The van der Waals surface area contributed by atoms with Crippen LogP contribution in [-0.2, 0) is 6.54 Å². The largest absolute Gasteiger partial charge is 0.393 e. The van der Waals surface area contributed by atoms with E-state index in [9.17, 15) is 9.50 Å². The smallest absolute Gasteiger partial charge is 0.188 e. The number of benzene rings is 2. The zero-order valence-corrected chi connectivity index (χ0v) is 18.5. The van der Waals surface area contributed by atoms with Crippen LogP contribution in [0.15, 0.2) is 36.4 Å². The van der Waals surface area contributed by atoms with Crippen LogP contribution in [-0.4, -0.2) is 40.7 Å². The maximum absolute atomic E-state index is 14.5. The van der Waals surface area contributed by atoms with Crippen LogP contribution in [0.5, 0.6) is 0 Å². The summed E-state index contributed by atoms with van der Waals surface area (Å²) in [6, 6.07) is 11.1. The lowest BCUT2D eigenvalue weighted by Gasteiger charge is -2.21. The fourth-order valence-corrected chi connectivity index (χ4v) is 3.84. The third-order valence-corrected chi connectivity index (χ3v) is 5.86. The number of hydrogen-bond acceptors (Lipinski definition) is 5. The summed E-state index contributed by atoms with van der Waals surface area (Å²) in [6.07, 6.45) is 0.237. The molecule has 0 radical (unpaired) electrons. The maximum Gasteiger partial charge on any atom is 0.188 e. The summed E-state index contributed by atoms with van der Waals surface area (Å²) in [7, 11) is 0. The van der Waals surface area contributed by atoms with Crippen molar-refractivity contribution in [2.45, 2.75) is 25.6 Å². The summed E-state index contributed by atoms with van der Waals surface area (Å²) < 4.78 is 14.5. The zero-order chi connectivity index (χ0) is 21.3. The van der Waals surface area contributed by atoms with Crippen LogP contribution < -0.4 is 10.2 Å². The highest BCUT2D eigenvalue weighted by Crippen LogP contribution is 2.36. The summed E-state index contributed by atoms with van der Waals surface area (Å²) in [4.78, 5) is 5.31. The minimum absolute atomic E-state index is 0. The van der Waals surface area contributed by atoms with Gasteiger partial charge < -0.3 is 15.3 Å². The molecule has 1 unspecified atom stereocenters. The van der Waals surface area contributed by atoms with E-state index in [2.05, 4.69) is 20.4 Å². The van der Waals surface area contributed by atoms with Crippen LogP contribution >= 0.6 is 24.0 Å². The molecule has 3 aromatic rings. The van der Waals surface area contributed by atoms with Gasteiger partial charge in [-0.1, -0.05) is 35.9 Å². The van der Waals surface area contributed by atoms with E-state index in [-0.39, 0.29) is 25.4 Å². The van der Waals surface area contributed by atoms with E-state index in [4.69, 9.17) is 18.2 Å². The summed E-state index contributed by atoms with van der Waals surface area (Å²) >= 11 is 6.22. The van der Waals surface area contributed by atoms with Gasteiger partial charge in [0, 0.05) is 35.3 Å². The number of nitrogens with one attached hydrogen (secondary N) is 1. The van der Waals surface area contributed by atoms with Gasteiger partial charge in [-0.05, 0) is 30.2 Å². The monoisotopic (exact) mass is 461 g/mol. The van der Waals surface area contributed by atoms with Crippen molar-refractivity contribution in [3.63, 3.8) is 0 Å². The molecule has 2 N–H and O–H groups in total. The topological polar surface area (TPSA) is 65.6 Å². The highest BCUT2D eigenvalue weighted by molar-refractivity contribution is 6.31. The molecular weight excluding hydrogens is 440 g/mol. The predicted molar refractivity (Wildman–Crippen MR) is 124 cm³/mol. The van der Waals surface area contributed by atoms with Crippen molar-refractivity contribution in [2.75, 3.05) is 29.9 Å². The molecule has 1 atom stereocenters. The Kier molecular flexibility index (Phi) is 6.85. The Morgan fingerprint density at radius 1 is 1.26 bits per heavy atom. The quantitative estimate of drug-likeness (QED) is 0.518. The fourth-order valence-electron chi connectivity index (χ4n) is 3.64. The number of aliphatic hydroxyl groups is 1. The van der Waals surface area contributed by atoms with Crippen LogP contribution in [0.1, 0.15) is 17.5 Å². The van der Waals surface area contributed by atoms with Gasteiger partial charge in [-0.3, -0.25) is 0 Å². The lowest BCUT2D eigenvalue weighted by atomic mass is 10.1. The minimum atomic E-state index is -1.63. The summed E-state index contributed by atoms with van der Waals surface area (Å²) in [5.74, 6) is 1.10. The maximum atomic E-state index is 14.5. The van der Waals surface area contributed by atoms with E-state index in [1.807, 2.05) is 31.2 Å². The van der Waals surface area contributed by atoms with E-state index in [1.165, 1.54) is 0 Å². The number of halogens is 3. The summed E-state index contributed by atoms with van der Waals surface area (Å²) in [5, 5.41) is 23.5. The molecule has 1 aliphatic rings. The molecule has 1 aromatic heterocycles. The number of anilines is 2. The number of aliphatic hydroxyl groups excluding tert-OH is 1. The second kappa shape index (κ2) is 9.23. The number of hydrogen-bond donors (Lipinski definition) is 2. The highest BCUT2D eigenvalue weighted by atomic mass is 35.5. The standard InChI is InChI=1S/C22H21ClFN5O.ClH/c1-14-3-4-15(9-19(14)23)11-26-20-18-10-16(25-2)5-6-17(18)21(28-27-20)29-8-7-22(24,12-29)13-30;/h3-6,9-10,30H,7-8,11-13H2,1H3,(H,26,27);1H. The highest BCUT2D eigenvalue weighted by Gasteiger charge is 2.39. The second-order valence-corrected chi connectivity index (χ2v) is 8.04. The molecule has 6 nitrogen and oxygen atoms in total. The van der Waals surface area contributed by atoms with Crippen molar-refractivity contribution in [2.24, 2.45) is 0 Å². The molecule has 0 saturated carbocycles. The molecule has 0 bridgehead atoms. The molecule has 2 heterocycles. The average molecular weight is 462 g/mol. The van der Waals surface area contributed by atoms with Gasteiger partial charge in [0.25, 0.3) is 0 Å². The number of fused-ring (bicyclic) bond motifs is 1.